The predicted octanol–water partition coefficient (Wildman–Crippen LogP) is 3.47. The van der Waals surface area contributed by atoms with Crippen molar-refractivity contribution in [2.75, 3.05) is 13.6 Å². The van der Waals surface area contributed by atoms with E-state index in [4.69, 9.17) is 0 Å². The lowest BCUT2D eigenvalue weighted by Crippen LogP contribution is -2.24. The molecule has 1 atom stereocenters. The van der Waals surface area contributed by atoms with Gasteiger partial charge in [-0.05, 0) is 13.1 Å². The molecule has 0 spiro atoms. The van der Waals surface area contributed by atoms with Crippen LogP contribution in [0.3, 0.4) is 0 Å². The normalized spacial score (nSPS) is 13.6. The lowest BCUT2D eigenvalue weighted by Gasteiger charge is -2.20. The number of thiazole rings is 1. The monoisotopic (exact) mass is 334 g/mol. The molecule has 0 saturated carbocycles. The molecular formula is C14H14F4N2OS. The summed E-state index contributed by atoms with van der Waals surface area (Å²) in [5.74, 6) is -0.517. The van der Waals surface area contributed by atoms with Crippen molar-refractivity contribution in [3.05, 3.63) is 51.7 Å². The fourth-order valence-electron chi connectivity index (χ4n) is 1.95. The lowest BCUT2D eigenvalue weighted by molar-refractivity contribution is -0.140. The first-order chi connectivity index (χ1) is 10.3. The van der Waals surface area contributed by atoms with Gasteiger partial charge in [-0.1, -0.05) is 18.2 Å². The molecule has 1 unspecified atom stereocenters. The van der Waals surface area contributed by atoms with Crippen LogP contribution in [0.2, 0.25) is 0 Å². The molecule has 8 heteroatoms. The van der Waals surface area contributed by atoms with Gasteiger partial charge in [0.15, 0.2) is 5.69 Å². The summed E-state index contributed by atoms with van der Waals surface area (Å²) < 4.78 is 50.9. The van der Waals surface area contributed by atoms with Crippen molar-refractivity contribution in [2.45, 2.75) is 18.8 Å². The number of likely N-dealkylation sites (N-methyl/N-ethyl adjacent to an activating group) is 1. The number of aromatic nitrogens is 1. The highest BCUT2D eigenvalue weighted by Crippen LogP contribution is 2.30. The quantitative estimate of drug-likeness (QED) is 0.851. The SMILES string of the molecule is CN(Cc1nc(C(F)(F)F)cs1)CC(O)c1ccccc1F. The summed E-state index contributed by atoms with van der Waals surface area (Å²) in [5, 5.41) is 11.2. The Kier molecular flexibility index (Phi) is 5.15. The highest BCUT2D eigenvalue weighted by Gasteiger charge is 2.33. The van der Waals surface area contributed by atoms with Crippen LogP contribution >= 0.6 is 11.3 Å². The minimum absolute atomic E-state index is 0.0852. The Morgan fingerprint density at radius 1 is 1.32 bits per heavy atom. The van der Waals surface area contributed by atoms with Crippen molar-refractivity contribution < 1.29 is 22.7 Å². The van der Waals surface area contributed by atoms with Crippen LogP contribution in [-0.4, -0.2) is 28.6 Å². The summed E-state index contributed by atoms with van der Waals surface area (Å²) >= 11 is 0.902. The summed E-state index contributed by atoms with van der Waals surface area (Å²) in [7, 11) is 1.62. The summed E-state index contributed by atoms with van der Waals surface area (Å²) in [6.45, 7) is 0.230. The average molecular weight is 334 g/mol. The number of nitrogens with zero attached hydrogens (tertiary/aromatic N) is 2. The molecule has 0 bridgehead atoms. The number of benzene rings is 1. The molecule has 0 aliphatic heterocycles. The van der Waals surface area contributed by atoms with Gasteiger partial charge in [0, 0.05) is 17.5 Å². The number of alkyl halides is 3. The fourth-order valence-corrected chi connectivity index (χ4v) is 2.83. The zero-order valence-corrected chi connectivity index (χ0v) is 12.5. The summed E-state index contributed by atoms with van der Waals surface area (Å²) in [6, 6.07) is 5.84. The van der Waals surface area contributed by atoms with Crippen LogP contribution in [-0.2, 0) is 12.7 Å². The molecule has 0 aliphatic rings. The van der Waals surface area contributed by atoms with E-state index in [0.29, 0.717) is 0 Å². The minimum Gasteiger partial charge on any atom is -0.387 e. The van der Waals surface area contributed by atoms with Crippen LogP contribution in [0.4, 0.5) is 17.6 Å². The van der Waals surface area contributed by atoms with Gasteiger partial charge in [0.05, 0.1) is 12.6 Å². The van der Waals surface area contributed by atoms with Crippen molar-refractivity contribution in [3.63, 3.8) is 0 Å². The van der Waals surface area contributed by atoms with Crippen molar-refractivity contribution in [1.29, 1.82) is 0 Å². The number of rotatable bonds is 5. The Bertz CT molecular complexity index is 629. The summed E-state index contributed by atoms with van der Waals surface area (Å²) in [4.78, 5) is 5.11. The number of aliphatic hydroxyl groups is 1. The molecular weight excluding hydrogens is 320 g/mol. The second-order valence-electron chi connectivity index (χ2n) is 4.86. The van der Waals surface area contributed by atoms with E-state index >= 15 is 0 Å². The van der Waals surface area contributed by atoms with Crippen LogP contribution in [0.15, 0.2) is 29.6 Å². The van der Waals surface area contributed by atoms with Gasteiger partial charge in [-0.25, -0.2) is 9.37 Å². The van der Waals surface area contributed by atoms with Gasteiger partial charge in [-0.3, -0.25) is 4.90 Å². The highest BCUT2D eigenvalue weighted by molar-refractivity contribution is 7.09. The molecule has 0 saturated heterocycles. The van der Waals surface area contributed by atoms with Crippen LogP contribution in [0.5, 0.6) is 0 Å². The van der Waals surface area contributed by atoms with Crippen molar-refractivity contribution in [2.24, 2.45) is 0 Å². The molecule has 1 N–H and O–H groups in total. The molecule has 0 radical (unpaired) electrons. The Labute approximate surface area is 128 Å². The Morgan fingerprint density at radius 2 is 2.00 bits per heavy atom. The van der Waals surface area contributed by atoms with E-state index in [9.17, 15) is 22.7 Å². The van der Waals surface area contributed by atoms with E-state index < -0.39 is 23.8 Å². The van der Waals surface area contributed by atoms with Crippen LogP contribution < -0.4 is 0 Å². The van der Waals surface area contributed by atoms with Gasteiger partial charge in [-0.2, -0.15) is 13.2 Å². The zero-order valence-electron chi connectivity index (χ0n) is 11.6. The minimum atomic E-state index is -4.46. The van der Waals surface area contributed by atoms with Crippen molar-refractivity contribution in [3.8, 4) is 0 Å². The molecule has 0 fully saturated rings. The van der Waals surface area contributed by atoms with Gasteiger partial charge in [0.1, 0.15) is 10.8 Å². The Hall–Kier alpha value is -1.51. The van der Waals surface area contributed by atoms with Crippen LogP contribution in [0, 0.1) is 5.82 Å². The van der Waals surface area contributed by atoms with E-state index in [1.165, 1.54) is 18.2 Å². The smallest absolute Gasteiger partial charge is 0.387 e. The molecule has 0 amide bonds. The van der Waals surface area contributed by atoms with Crippen LogP contribution in [0.25, 0.3) is 0 Å². The van der Waals surface area contributed by atoms with Gasteiger partial charge < -0.3 is 5.11 Å². The second kappa shape index (κ2) is 6.72. The molecule has 0 aliphatic carbocycles. The number of hydrogen-bond donors (Lipinski definition) is 1. The molecule has 2 rings (SSSR count). The maximum atomic E-state index is 13.5. The Morgan fingerprint density at radius 3 is 2.59 bits per heavy atom. The van der Waals surface area contributed by atoms with E-state index in [1.54, 1.807) is 18.0 Å². The molecule has 2 aromatic rings. The largest absolute Gasteiger partial charge is 0.434 e. The van der Waals surface area contributed by atoms with E-state index in [1.807, 2.05) is 0 Å². The van der Waals surface area contributed by atoms with E-state index in [2.05, 4.69) is 4.98 Å². The molecule has 1 aromatic heterocycles. The number of halogens is 4. The van der Waals surface area contributed by atoms with E-state index in [0.717, 1.165) is 16.7 Å². The zero-order chi connectivity index (χ0) is 16.3. The number of hydrogen-bond acceptors (Lipinski definition) is 4. The number of aliphatic hydroxyl groups excluding tert-OH is 1. The fraction of sp³-hybridized carbons (Fsp3) is 0.357. The second-order valence-corrected chi connectivity index (χ2v) is 5.80. The van der Waals surface area contributed by atoms with Crippen molar-refractivity contribution >= 4 is 11.3 Å². The molecule has 3 nitrogen and oxygen atoms in total. The summed E-state index contributed by atoms with van der Waals surface area (Å²) in [5.41, 5.74) is -0.764. The topological polar surface area (TPSA) is 36.4 Å². The first kappa shape index (κ1) is 16.9. The van der Waals surface area contributed by atoms with Gasteiger partial charge >= 0.3 is 6.18 Å². The van der Waals surface area contributed by atoms with Gasteiger partial charge in [0.25, 0.3) is 0 Å². The third-order valence-corrected chi connectivity index (χ3v) is 3.83. The Balaban J connectivity index is 1.97. The summed E-state index contributed by atoms with van der Waals surface area (Å²) in [6.07, 6.45) is -5.52. The molecule has 22 heavy (non-hydrogen) atoms. The van der Waals surface area contributed by atoms with Gasteiger partial charge in [-0.15, -0.1) is 11.3 Å². The first-order valence-corrected chi connectivity index (χ1v) is 7.28. The van der Waals surface area contributed by atoms with Crippen LogP contribution in [0.1, 0.15) is 22.4 Å². The standard InChI is InChI=1S/C14H14F4N2OS/c1-20(6-11(21)9-4-2-3-5-10(9)15)7-13-19-12(8-22-13)14(16,17)18/h2-5,8,11,21H,6-7H2,1H3. The first-order valence-electron chi connectivity index (χ1n) is 6.40. The molecule has 1 heterocycles. The van der Waals surface area contributed by atoms with Gasteiger partial charge in [0.2, 0.25) is 0 Å². The predicted molar refractivity (Wildman–Crippen MR) is 74.8 cm³/mol. The average Bonchev–Trinajstić information content (AvgIpc) is 2.87. The van der Waals surface area contributed by atoms with Crippen molar-refractivity contribution in [1.82, 2.24) is 9.88 Å². The maximum Gasteiger partial charge on any atom is 0.434 e. The molecule has 1 aromatic carbocycles. The lowest BCUT2D eigenvalue weighted by atomic mass is 10.1. The highest BCUT2D eigenvalue weighted by atomic mass is 32.1. The molecule has 120 valence electrons. The third-order valence-electron chi connectivity index (χ3n) is 3.00. The van der Waals surface area contributed by atoms with E-state index in [-0.39, 0.29) is 23.7 Å². The third kappa shape index (κ3) is 4.25. The maximum absolute atomic E-state index is 13.5.